The van der Waals surface area contributed by atoms with E-state index in [0.717, 1.165) is 28.6 Å². The van der Waals surface area contributed by atoms with Crippen LogP contribution in [0.4, 0.5) is 0 Å². The molecule has 1 aromatic rings. The Morgan fingerprint density at radius 3 is 2.88 bits per heavy atom. The smallest absolute Gasteiger partial charge is 0.249 e. The summed E-state index contributed by atoms with van der Waals surface area (Å²) >= 11 is 0. The number of carbonyl (C=O) groups is 2. The molecule has 3 heterocycles. The van der Waals surface area contributed by atoms with Gasteiger partial charge in [-0.15, -0.1) is 0 Å². The molecule has 0 saturated carbocycles. The summed E-state index contributed by atoms with van der Waals surface area (Å²) in [6.07, 6.45) is 5.33. The first-order valence-corrected chi connectivity index (χ1v) is 8.20. The van der Waals surface area contributed by atoms with E-state index in [-0.39, 0.29) is 27.1 Å². The van der Waals surface area contributed by atoms with Crippen molar-refractivity contribution in [3.05, 3.63) is 70.8 Å². The van der Waals surface area contributed by atoms with Gasteiger partial charge in [-0.1, -0.05) is 6.07 Å². The van der Waals surface area contributed by atoms with E-state index in [0.29, 0.717) is 5.57 Å². The van der Waals surface area contributed by atoms with Gasteiger partial charge in [-0.25, -0.2) is 0 Å². The molecule has 3 N–H and O–H groups in total. The number of hydrogen-bond donors (Lipinski definition) is 3. The number of amides is 2. The fraction of sp³-hybridized carbons (Fsp3) is 0.263. The molecule has 2 aliphatic heterocycles. The van der Waals surface area contributed by atoms with Crippen molar-refractivity contribution in [2.75, 3.05) is 0 Å². The van der Waals surface area contributed by atoms with Crippen molar-refractivity contribution in [3.63, 3.8) is 0 Å². The first-order chi connectivity index (χ1) is 12.0. The number of nitrogens with one attached hydrogen (secondary N) is 3. The van der Waals surface area contributed by atoms with Crippen LogP contribution in [0.3, 0.4) is 0 Å². The molecule has 25 heavy (non-hydrogen) atoms. The van der Waals surface area contributed by atoms with Gasteiger partial charge in [-0.05, 0) is 50.8 Å². The molecule has 6 nitrogen and oxygen atoms in total. The number of carbonyl (C=O) groups excluding carboxylic acids is 2. The molecule has 0 spiro atoms. The van der Waals surface area contributed by atoms with Crippen LogP contribution in [-0.2, 0) is 9.59 Å². The summed E-state index contributed by atoms with van der Waals surface area (Å²) in [5, 5.41) is 8.90. The van der Waals surface area contributed by atoms with Gasteiger partial charge in [0.1, 0.15) is 6.04 Å². The molecule has 133 valence electrons. The number of dihydropyridines is 1. The van der Waals surface area contributed by atoms with E-state index in [2.05, 4.69) is 20.9 Å². The molecular weight excluding hydrogens is 316 g/mol. The number of aromatic nitrogens is 1. The molecule has 1 aromatic heterocycles. The molecule has 3 rings (SSSR count). The van der Waals surface area contributed by atoms with Crippen molar-refractivity contribution in [3.8, 4) is 0 Å². The first kappa shape index (κ1) is 17.0. The summed E-state index contributed by atoms with van der Waals surface area (Å²) < 4.78 is 0. The third kappa shape index (κ3) is 3.47. The summed E-state index contributed by atoms with van der Waals surface area (Å²) in [6.45, 7) is 5.70. The van der Waals surface area contributed by atoms with Crippen LogP contribution in [0.2, 0.25) is 0 Å². The minimum Gasteiger partial charge on any atom is -0.365 e. The van der Waals surface area contributed by atoms with Crippen molar-refractivity contribution in [1.82, 2.24) is 20.9 Å². The maximum atomic E-state index is 12.4. The molecule has 0 fully saturated rings. The number of fused-ring (bicyclic) bond motifs is 1. The van der Waals surface area contributed by atoms with Gasteiger partial charge < -0.3 is 16.0 Å². The van der Waals surface area contributed by atoms with Crippen LogP contribution < -0.4 is 16.0 Å². The van der Waals surface area contributed by atoms with E-state index in [1.807, 2.05) is 45.0 Å². The van der Waals surface area contributed by atoms with E-state index in [4.69, 9.17) is 0 Å². The van der Waals surface area contributed by atoms with Gasteiger partial charge in [-0.3, -0.25) is 14.6 Å². The Labute approximate surface area is 150 Å². The normalized spacial score (nSPS) is 18.4. The summed E-state index contributed by atoms with van der Waals surface area (Å²) in [5.74, 6) is -0.431. The Morgan fingerprint density at radius 2 is 2.16 bits per heavy atom. The predicted molar refractivity (Wildman–Crippen MR) is 98.7 cm³/mol. The summed E-state index contributed by atoms with van der Waals surface area (Å²) in [4.78, 5) is 29.1. The maximum absolute atomic E-state index is 12.4. The molecular formula is C19H25N4O2. The lowest BCUT2D eigenvalue weighted by Crippen LogP contribution is -2.39. The largest absolute Gasteiger partial charge is 0.365 e. The van der Waals surface area contributed by atoms with Gasteiger partial charge in [0.05, 0.1) is 18.2 Å². The topological polar surface area (TPSA) is 83.1 Å². The SMILES string of the molecule is CC1=C2[C](C=CN1)NC(=O)C(CC(=O)N[C@@H](C)c1ccccn1)=C2C.[HH].[HH]. The Morgan fingerprint density at radius 1 is 1.36 bits per heavy atom. The zero-order valence-corrected chi connectivity index (χ0v) is 14.5. The Kier molecular flexibility index (Phi) is 4.70. The number of rotatable bonds is 4. The van der Waals surface area contributed by atoms with E-state index in [9.17, 15) is 9.59 Å². The number of pyridine rings is 1. The molecule has 2 amide bonds. The van der Waals surface area contributed by atoms with Crippen molar-refractivity contribution >= 4 is 11.8 Å². The predicted octanol–water partition coefficient (Wildman–Crippen LogP) is 2.51. The van der Waals surface area contributed by atoms with Gasteiger partial charge in [0, 0.05) is 25.9 Å². The first-order valence-electron chi connectivity index (χ1n) is 8.20. The van der Waals surface area contributed by atoms with Crippen LogP contribution in [0.25, 0.3) is 0 Å². The van der Waals surface area contributed by atoms with Crippen molar-refractivity contribution in [2.45, 2.75) is 33.2 Å². The highest BCUT2D eigenvalue weighted by atomic mass is 16.2. The van der Waals surface area contributed by atoms with Gasteiger partial charge in [-0.2, -0.15) is 0 Å². The molecule has 0 bridgehead atoms. The highest BCUT2D eigenvalue weighted by Crippen LogP contribution is 2.33. The van der Waals surface area contributed by atoms with Crippen LogP contribution in [0.5, 0.6) is 0 Å². The number of nitrogens with zero attached hydrogens (tertiary/aromatic N) is 1. The molecule has 6 heteroatoms. The van der Waals surface area contributed by atoms with Crippen LogP contribution in [0.1, 0.15) is 41.8 Å². The van der Waals surface area contributed by atoms with Gasteiger partial charge in [0.2, 0.25) is 11.8 Å². The highest BCUT2D eigenvalue weighted by Gasteiger charge is 2.32. The lowest BCUT2D eigenvalue weighted by atomic mass is 9.87. The van der Waals surface area contributed by atoms with E-state index >= 15 is 0 Å². The standard InChI is InChI=1S/C19H21N4O2.2H2/c1-11-14(19(25)23-16-7-9-20-13(3)18(11)16)10-17(24)22-12(2)15-6-4-5-8-21-15;;/h4-9,12,20H,10H2,1-3H3,(H,22,24)(H,23,25);2*1H/t12-;;/m0../s1. The lowest BCUT2D eigenvalue weighted by molar-refractivity contribution is -0.123. The summed E-state index contributed by atoms with van der Waals surface area (Å²) in [5.41, 5.74) is 4.00. The molecule has 0 saturated heterocycles. The maximum Gasteiger partial charge on any atom is 0.249 e. The zero-order valence-electron chi connectivity index (χ0n) is 14.5. The van der Waals surface area contributed by atoms with Crippen LogP contribution in [-0.4, -0.2) is 16.8 Å². The zero-order chi connectivity index (χ0) is 18.0. The molecule has 0 aliphatic carbocycles. The Balaban J connectivity index is 0.00000182. The summed E-state index contributed by atoms with van der Waals surface area (Å²) in [7, 11) is 0. The quantitative estimate of drug-likeness (QED) is 0.786. The van der Waals surface area contributed by atoms with Gasteiger partial charge in [0.15, 0.2) is 0 Å². The second-order valence-electron chi connectivity index (χ2n) is 6.17. The highest BCUT2D eigenvalue weighted by molar-refractivity contribution is 6.03. The fourth-order valence-corrected chi connectivity index (χ4v) is 3.09. The van der Waals surface area contributed by atoms with E-state index in [1.54, 1.807) is 12.4 Å². The average Bonchev–Trinajstić information content (AvgIpc) is 2.59. The van der Waals surface area contributed by atoms with E-state index in [1.165, 1.54) is 0 Å². The molecule has 1 atom stereocenters. The molecule has 0 aromatic carbocycles. The second-order valence-corrected chi connectivity index (χ2v) is 6.17. The molecule has 2 aliphatic rings. The van der Waals surface area contributed by atoms with E-state index < -0.39 is 0 Å². The fourth-order valence-electron chi connectivity index (χ4n) is 3.09. The lowest BCUT2D eigenvalue weighted by Gasteiger charge is -2.30. The third-order valence-electron chi connectivity index (χ3n) is 4.39. The number of hydrogen-bond acceptors (Lipinski definition) is 4. The monoisotopic (exact) mass is 341 g/mol. The summed E-state index contributed by atoms with van der Waals surface area (Å²) in [6, 6.07) is 6.11. The Bertz CT molecular complexity index is 803. The molecule has 0 unspecified atom stereocenters. The number of allylic oxidation sites excluding steroid dienone is 1. The van der Waals surface area contributed by atoms with Crippen LogP contribution in [0, 0.1) is 6.04 Å². The van der Waals surface area contributed by atoms with Crippen LogP contribution >= 0.6 is 0 Å². The van der Waals surface area contributed by atoms with Crippen molar-refractivity contribution < 1.29 is 12.4 Å². The van der Waals surface area contributed by atoms with Gasteiger partial charge in [0.25, 0.3) is 0 Å². The minimum atomic E-state index is -0.226. The second kappa shape index (κ2) is 6.93. The van der Waals surface area contributed by atoms with Gasteiger partial charge >= 0.3 is 0 Å². The minimum absolute atomic E-state index is 0. The van der Waals surface area contributed by atoms with Crippen LogP contribution in [0.15, 0.2) is 59.1 Å². The van der Waals surface area contributed by atoms with Crippen molar-refractivity contribution in [1.29, 1.82) is 0 Å². The third-order valence-corrected chi connectivity index (χ3v) is 4.39. The van der Waals surface area contributed by atoms with Crippen molar-refractivity contribution in [2.24, 2.45) is 0 Å². The molecule has 1 radical (unpaired) electrons. The Hall–Kier alpha value is -2.89. The average molecular weight is 341 g/mol.